The van der Waals surface area contributed by atoms with Crippen LogP contribution in [0.4, 0.5) is 5.82 Å². The molecule has 0 radical (unpaired) electrons. The van der Waals surface area contributed by atoms with Crippen LogP contribution in [0.5, 0.6) is 0 Å². The molecule has 4 nitrogen and oxygen atoms in total. The van der Waals surface area contributed by atoms with Crippen molar-refractivity contribution in [3.05, 3.63) is 21.7 Å². The maximum atomic E-state index is 12.7. The first kappa shape index (κ1) is 19.0. The number of hydrogen-bond acceptors (Lipinski definition) is 3. The first-order chi connectivity index (χ1) is 10.6. The van der Waals surface area contributed by atoms with Crippen molar-refractivity contribution in [2.45, 2.75) is 86.7 Å². The van der Waals surface area contributed by atoms with E-state index in [1.165, 1.54) is 0 Å². The zero-order valence-corrected chi connectivity index (χ0v) is 17.5. The van der Waals surface area contributed by atoms with Gasteiger partial charge in [-0.3, -0.25) is 9.36 Å². The lowest BCUT2D eigenvalue weighted by atomic mass is 9.54. The average molecular weight is 334 g/mol. The quantitative estimate of drug-likeness (QED) is 0.772. The molecule has 0 amide bonds. The van der Waals surface area contributed by atoms with E-state index in [0.717, 1.165) is 23.6 Å². The number of aromatic nitrogens is 2. The van der Waals surface area contributed by atoms with E-state index in [2.05, 4.69) is 60.3 Å². The van der Waals surface area contributed by atoms with E-state index in [1.807, 2.05) is 13.8 Å². The molecule has 0 N–H and O–H groups in total. The molecule has 0 saturated carbocycles. The molecule has 2 rings (SSSR count). The molecule has 136 valence electrons. The average Bonchev–Trinajstić information content (AvgIpc) is 2.39. The molecule has 4 heteroatoms. The van der Waals surface area contributed by atoms with Crippen LogP contribution in [0.1, 0.15) is 73.2 Å². The Labute approximate surface area is 147 Å². The van der Waals surface area contributed by atoms with E-state index in [9.17, 15) is 4.79 Å². The Morgan fingerprint density at radius 2 is 1.29 bits per heavy atom. The Morgan fingerprint density at radius 3 is 1.71 bits per heavy atom. The van der Waals surface area contributed by atoms with Gasteiger partial charge >= 0.3 is 0 Å². The number of anilines is 1. The highest BCUT2D eigenvalue weighted by molar-refractivity contribution is 5.53. The molecule has 24 heavy (non-hydrogen) atoms. The molecular weight excluding hydrogens is 298 g/mol. The fourth-order valence-electron chi connectivity index (χ4n) is 4.40. The fraction of sp³-hybridized carbons (Fsp3) is 0.800. The van der Waals surface area contributed by atoms with Crippen molar-refractivity contribution < 1.29 is 0 Å². The summed E-state index contributed by atoms with van der Waals surface area (Å²) in [4.78, 5) is 20.0. The van der Waals surface area contributed by atoms with Crippen molar-refractivity contribution in [2.24, 2.45) is 17.9 Å². The molecular formula is C20H35N3O. The Balaban J connectivity index is 2.85. The first-order valence-electron chi connectivity index (χ1n) is 8.92. The van der Waals surface area contributed by atoms with E-state index in [1.54, 1.807) is 11.6 Å². The number of aryl methyl sites for hydroxylation is 1. The molecule has 1 saturated heterocycles. The molecule has 1 fully saturated rings. The molecule has 0 atom stereocenters. The smallest absolute Gasteiger partial charge is 0.258 e. The summed E-state index contributed by atoms with van der Waals surface area (Å²) < 4.78 is 1.64. The van der Waals surface area contributed by atoms with Crippen LogP contribution < -0.4 is 10.5 Å². The molecule has 0 aliphatic carbocycles. The van der Waals surface area contributed by atoms with Crippen LogP contribution in [0.25, 0.3) is 0 Å². The summed E-state index contributed by atoms with van der Waals surface area (Å²) in [6, 6.07) is 0. The monoisotopic (exact) mass is 333 g/mol. The van der Waals surface area contributed by atoms with Gasteiger partial charge in [0.25, 0.3) is 5.56 Å². The third-order valence-electron chi connectivity index (χ3n) is 7.24. The minimum absolute atomic E-state index is 0.0466. The predicted molar refractivity (Wildman–Crippen MR) is 102 cm³/mol. The van der Waals surface area contributed by atoms with Gasteiger partial charge in [0.05, 0.1) is 5.56 Å². The standard InChI is InChI=1S/C20H35N3O/c1-13-15(21-14(2)22(11)16(13)24)23-19(7,8)17(3,4)12-18(5,6)20(23,9)10/h12H2,1-11H3. The van der Waals surface area contributed by atoms with E-state index >= 15 is 0 Å². The maximum Gasteiger partial charge on any atom is 0.258 e. The van der Waals surface area contributed by atoms with E-state index in [0.29, 0.717) is 0 Å². The van der Waals surface area contributed by atoms with Gasteiger partial charge < -0.3 is 4.90 Å². The van der Waals surface area contributed by atoms with Gasteiger partial charge in [-0.05, 0) is 58.8 Å². The van der Waals surface area contributed by atoms with Gasteiger partial charge in [0.1, 0.15) is 11.6 Å². The third kappa shape index (κ3) is 2.33. The molecule has 1 aromatic rings. The van der Waals surface area contributed by atoms with Crippen LogP contribution in [0.3, 0.4) is 0 Å². The third-order valence-corrected chi connectivity index (χ3v) is 7.24. The summed E-state index contributed by atoms with van der Waals surface area (Å²) >= 11 is 0. The van der Waals surface area contributed by atoms with Gasteiger partial charge in [-0.15, -0.1) is 0 Å². The van der Waals surface area contributed by atoms with Crippen molar-refractivity contribution >= 4 is 5.82 Å². The first-order valence-corrected chi connectivity index (χ1v) is 8.92. The van der Waals surface area contributed by atoms with Crippen LogP contribution in [0, 0.1) is 24.7 Å². The maximum absolute atomic E-state index is 12.7. The van der Waals surface area contributed by atoms with Gasteiger partial charge in [-0.1, -0.05) is 27.7 Å². The van der Waals surface area contributed by atoms with Crippen LogP contribution in [0.15, 0.2) is 4.79 Å². The predicted octanol–water partition coefficient (Wildman–Crippen LogP) is 4.22. The number of hydrogen-bond donors (Lipinski definition) is 0. The Kier molecular flexibility index (Phi) is 4.03. The van der Waals surface area contributed by atoms with Crippen molar-refractivity contribution in [3.63, 3.8) is 0 Å². The lowest BCUT2D eigenvalue weighted by Crippen LogP contribution is -2.72. The van der Waals surface area contributed by atoms with Crippen molar-refractivity contribution in [1.29, 1.82) is 0 Å². The van der Waals surface area contributed by atoms with Crippen LogP contribution >= 0.6 is 0 Å². The van der Waals surface area contributed by atoms with Crippen LogP contribution in [-0.4, -0.2) is 20.6 Å². The Hall–Kier alpha value is -1.32. The number of piperidine rings is 1. The summed E-state index contributed by atoms with van der Waals surface area (Å²) in [5, 5.41) is 0. The Morgan fingerprint density at radius 1 is 0.875 bits per heavy atom. The lowest BCUT2D eigenvalue weighted by molar-refractivity contribution is -0.0125. The normalized spacial score (nSPS) is 24.0. The Bertz CT molecular complexity index is 697. The van der Waals surface area contributed by atoms with Gasteiger partial charge in [0, 0.05) is 18.1 Å². The number of rotatable bonds is 1. The fourth-order valence-corrected chi connectivity index (χ4v) is 4.40. The highest BCUT2D eigenvalue weighted by atomic mass is 16.1. The number of nitrogens with zero attached hydrogens (tertiary/aromatic N) is 3. The zero-order valence-electron chi connectivity index (χ0n) is 17.5. The molecule has 1 aromatic heterocycles. The highest BCUT2D eigenvalue weighted by Gasteiger charge is 2.59. The van der Waals surface area contributed by atoms with Crippen LogP contribution in [-0.2, 0) is 7.05 Å². The summed E-state index contributed by atoms with van der Waals surface area (Å²) in [7, 11) is 1.79. The summed E-state index contributed by atoms with van der Waals surface area (Å²) in [6.45, 7) is 22.3. The van der Waals surface area contributed by atoms with Gasteiger partial charge in [-0.25, -0.2) is 4.98 Å². The minimum Gasteiger partial charge on any atom is -0.345 e. The largest absolute Gasteiger partial charge is 0.345 e. The second kappa shape index (κ2) is 5.09. The summed E-state index contributed by atoms with van der Waals surface area (Å²) in [5.74, 6) is 1.60. The summed E-state index contributed by atoms with van der Waals surface area (Å²) in [5.41, 5.74) is 0.720. The van der Waals surface area contributed by atoms with Gasteiger partial charge in [-0.2, -0.15) is 0 Å². The van der Waals surface area contributed by atoms with E-state index in [-0.39, 0.29) is 27.5 Å². The molecule has 1 aliphatic heterocycles. The molecule has 2 heterocycles. The van der Waals surface area contributed by atoms with Crippen molar-refractivity contribution in [1.82, 2.24) is 9.55 Å². The highest BCUT2D eigenvalue weighted by Crippen LogP contribution is 2.58. The second-order valence-corrected chi connectivity index (χ2v) is 9.87. The molecule has 0 aromatic carbocycles. The topological polar surface area (TPSA) is 38.1 Å². The van der Waals surface area contributed by atoms with Gasteiger partial charge in [0.2, 0.25) is 0 Å². The minimum atomic E-state index is -0.122. The molecule has 0 spiro atoms. The van der Waals surface area contributed by atoms with Crippen molar-refractivity contribution in [2.75, 3.05) is 4.90 Å². The van der Waals surface area contributed by atoms with Crippen molar-refractivity contribution in [3.8, 4) is 0 Å². The SMILES string of the molecule is Cc1c(N2C(C)(C)C(C)(C)CC(C)(C)C2(C)C)nc(C)n(C)c1=O. The molecule has 0 bridgehead atoms. The summed E-state index contributed by atoms with van der Waals surface area (Å²) in [6.07, 6.45) is 1.12. The van der Waals surface area contributed by atoms with E-state index < -0.39 is 0 Å². The lowest BCUT2D eigenvalue weighted by Gasteiger charge is -2.67. The van der Waals surface area contributed by atoms with Gasteiger partial charge in [0.15, 0.2) is 0 Å². The molecule has 1 aliphatic rings. The zero-order chi connectivity index (χ0) is 18.9. The van der Waals surface area contributed by atoms with Crippen LogP contribution in [0.2, 0.25) is 0 Å². The van der Waals surface area contributed by atoms with E-state index in [4.69, 9.17) is 4.98 Å². The second-order valence-electron chi connectivity index (χ2n) is 9.87. The molecule has 0 unspecified atom stereocenters.